The van der Waals surface area contributed by atoms with Crippen LogP contribution in [0.25, 0.3) is 0 Å². The second kappa shape index (κ2) is 7.08. The molecule has 4 saturated carbocycles. The van der Waals surface area contributed by atoms with Crippen LogP contribution < -0.4 is 15.4 Å². The molecule has 1 aromatic carbocycles. The van der Waals surface area contributed by atoms with E-state index < -0.39 is 35.6 Å². The number of alkyl halides is 3. The summed E-state index contributed by atoms with van der Waals surface area (Å²) in [5.41, 5.74) is -0.515. The molecule has 11 heteroatoms. The molecule has 4 fully saturated rings. The van der Waals surface area contributed by atoms with Gasteiger partial charge in [0.25, 0.3) is 5.91 Å². The Hall–Kier alpha value is -2.33. The highest BCUT2D eigenvalue weighted by atomic mass is 35.5. The maximum atomic E-state index is 12.7. The molecule has 0 unspecified atom stereocenters. The van der Waals surface area contributed by atoms with Gasteiger partial charge in [0.1, 0.15) is 5.75 Å². The van der Waals surface area contributed by atoms with Gasteiger partial charge >= 0.3 is 6.36 Å². The van der Waals surface area contributed by atoms with E-state index >= 15 is 0 Å². The predicted molar refractivity (Wildman–Crippen MR) is 104 cm³/mol. The molecule has 0 radical (unpaired) electrons. The van der Waals surface area contributed by atoms with Gasteiger partial charge < -0.3 is 15.4 Å². The molecule has 1 heterocycles. The zero-order valence-electron chi connectivity index (χ0n) is 16.8. The number of carbonyl (C=O) groups is 3. The molecule has 1 aromatic rings. The van der Waals surface area contributed by atoms with Crippen molar-refractivity contribution in [2.24, 2.45) is 5.92 Å². The van der Waals surface area contributed by atoms with Gasteiger partial charge in [-0.05, 0) is 50.3 Å². The number of fused-ring (bicyclic) bond motifs is 1. The summed E-state index contributed by atoms with van der Waals surface area (Å²) in [5.74, 6) is -1.05. The van der Waals surface area contributed by atoms with Gasteiger partial charge in [-0.15, -0.1) is 13.2 Å². The Morgan fingerprint density at radius 3 is 2.34 bits per heavy atom. The monoisotopic (exact) mass is 472 g/mol. The van der Waals surface area contributed by atoms with E-state index in [1.807, 2.05) is 0 Å². The zero-order valence-corrected chi connectivity index (χ0v) is 17.5. The van der Waals surface area contributed by atoms with Crippen LogP contribution in [0.15, 0.2) is 18.2 Å². The topological polar surface area (TPSA) is 93.7 Å². The summed E-state index contributed by atoms with van der Waals surface area (Å²) < 4.78 is 46.2. The molecule has 5 aliphatic rings. The van der Waals surface area contributed by atoms with Crippen molar-refractivity contribution in [3.8, 4) is 5.75 Å². The summed E-state index contributed by atoms with van der Waals surface area (Å²) in [6, 6.07) is 4.66. The van der Waals surface area contributed by atoms with E-state index in [4.69, 9.17) is 16.3 Å². The molecule has 2 amide bonds. The lowest BCUT2D eigenvalue weighted by Crippen LogP contribution is -2.84. The Balaban J connectivity index is 1.09. The predicted octanol–water partition coefficient (Wildman–Crippen LogP) is 2.90. The van der Waals surface area contributed by atoms with Gasteiger partial charge in [-0.3, -0.25) is 19.1 Å². The zero-order chi connectivity index (χ0) is 22.9. The average Bonchev–Trinajstić information content (AvgIpc) is 2.61. The molecule has 2 N–H and O–H groups in total. The van der Waals surface area contributed by atoms with Crippen molar-refractivity contribution in [2.75, 3.05) is 0 Å². The molecule has 4 aliphatic carbocycles. The van der Waals surface area contributed by atoms with E-state index in [9.17, 15) is 27.6 Å². The first-order valence-corrected chi connectivity index (χ1v) is 10.7. The van der Waals surface area contributed by atoms with Crippen molar-refractivity contribution in [2.45, 2.75) is 68.2 Å². The number of hydrogen-bond acceptors (Lipinski definition) is 5. The molecular weight excluding hydrogens is 453 g/mol. The smallest absolute Gasteiger partial charge is 0.479 e. The van der Waals surface area contributed by atoms with Crippen molar-refractivity contribution >= 4 is 29.2 Å². The summed E-state index contributed by atoms with van der Waals surface area (Å²) in [7, 11) is 0. The largest absolute Gasteiger partial charge is 0.522 e. The third-order valence-electron chi connectivity index (χ3n) is 6.75. The number of nitrogens with one attached hydrogen (secondary N) is 2. The van der Waals surface area contributed by atoms with Gasteiger partial charge in [0.15, 0.2) is 11.9 Å². The number of halogens is 4. The minimum Gasteiger partial charge on any atom is -0.479 e. The Morgan fingerprint density at radius 1 is 1.09 bits per heavy atom. The number of ketones is 1. The number of amides is 2. The Bertz CT molecular complexity index is 988. The lowest BCUT2D eigenvalue weighted by Gasteiger charge is -2.70. The molecule has 6 rings (SSSR count). The fraction of sp³-hybridized carbons (Fsp3) is 0.571. The van der Waals surface area contributed by atoms with Crippen molar-refractivity contribution in [3.63, 3.8) is 0 Å². The SMILES string of the molecule is O=C1C[C@H](C(=O)NC23CC(NC(=O)C4CC(OC(F)(F)F)C4)(C2)C3)Oc2ccc(Cl)cc21. The van der Waals surface area contributed by atoms with E-state index in [2.05, 4.69) is 15.4 Å². The third-order valence-corrected chi connectivity index (χ3v) is 6.98. The van der Waals surface area contributed by atoms with Crippen LogP contribution in [-0.2, 0) is 14.3 Å². The maximum absolute atomic E-state index is 12.7. The molecule has 172 valence electrons. The highest BCUT2D eigenvalue weighted by Gasteiger charge is 2.69. The van der Waals surface area contributed by atoms with E-state index in [1.165, 1.54) is 6.07 Å². The Morgan fingerprint density at radius 2 is 1.72 bits per heavy atom. The highest BCUT2D eigenvalue weighted by Crippen LogP contribution is 2.60. The van der Waals surface area contributed by atoms with Crippen LogP contribution in [-0.4, -0.2) is 47.2 Å². The van der Waals surface area contributed by atoms with E-state index in [0.29, 0.717) is 35.6 Å². The summed E-state index contributed by atoms with van der Waals surface area (Å²) in [4.78, 5) is 37.3. The van der Waals surface area contributed by atoms with Crippen molar-refractivity contribution in [1.82, 2.24) is 10.6 Å². The average molecular weight is 473 g/mol. The summed E-state index contributed by atoms with van der Waals surface area (Å²) in [6.07, 6.45) is -4.96. The van der Waals surface area contributed by atoms with Crippen molar-refractivity contribution < 1.29 is 37.0 Å². The van der Waals surface area contributed by atoms with Crippen LogP contribution in [0.4, 0.5) is 13.2 Å². The van der Waals surface area contributed by atoms with Crippen molar-refractivity contribution in [3.05, 3.63) is 28.8 Å². The quantitative estimate of drug-likeness (QED) is 0.687. The van der Waals surface area contributed by atoms with Crippen LogP contribution in [0.5, 0.6) is 5.75 Å². The first-order valence-electron chi connectivity index (χ1n) is 10.3. The molecule has 0 saturated heterocycles. The summed E-state index contributed by atoms with van der Waals surface area (Å²) in [6.45, 7) is 0. The van der Waals surface area contributed by atoms with Gasteiger partial charge in [0.05, 0.1) is 18.1 Å². The molecule has 0 spiro atoms. The van der Waals surface area contributed by atoms with Gasteiger partial charge in [-0.25, -0.2) is 0 Å². The molecule has 0 aromatic heterocycles. The van der Waals surface area contributed by atoms with E-state index in [1.54, 1.807) is 12.1 Å². The fourth-order valence-electron chi connectivity index (χ4n) is 5.27. The minimum atomic E-state index is -4.69. The molecule has 1 atom stereocenters. The van der Waals surface area contributed by atoms with Crippen LogP contribution in [0.1, 0.15) is 48.9 Å². The van der Waals surface area contributed by atoms with Gasteiger partial charge in [0.2, 0.25) is 5.91 Å². The van der Waals surface area contributed by atoms with Gasteiger partial charge in [-0.1, -0.05) is 11.6 Å². The molecule has 32 heavy (non-hydrogen) atoms. The summed E-state index contributed by atoms with van der Waals surface area (Å²) >= 11 is 5.91. The van der Waals surface area contributed by atoms with Gasteiger partial charge in [-0.2, -0.15) is 0 Å². The molecule has 2 bridgehead atoms. The maximum Gasteiger partial charge on any atom is 0.522 e. The first kappa shape index (κ1) is 21.5. The number of Topliss-reactive ketones (excluding diaryl/α,β-unsaturated/α-hetero) is 1. The summed E-state index contributed by atoms with van der Waals surface area (Å²) in [5, 5.41) is 6.27. The molecular formula is C21H20ClF3N2O5. The fourth-order valence-corrected chi connectivity index (χ4v) is 5.44. The second-order valence-electron chi connectivity index (χ2n) is 9.30. The Kier molecular flexibility index (Phi) is 4.76. The number of ether oxygens (including phenoxy) is 2. The molecule has 1 aliphatic heterocycles. The second-order valence-corrected chi connectivity index (χ2v) is 9.73. The van der Waals surface area contributed by atoms with Crippen LogP contribution >= 0.6 is 11.6 Å². The normalized spacial score (nSPS) is 34.8. The lowest BCUT2D eigenvalue weighted by atomic mass is 9.44. The van der Waals surface area contributed by atoms with Crippen LogP contribution in [0.2, 0.25) is 5.02 Å². The first-order chi connectivity index (χ1) is 14.9. The molecule has 7 nitrogen and oxygen atoms in total. The van der Waals surface area contributed by atoms with E-state index in [0.717, 1.165) is 0 Å². The number of rotatable bonds is 5. The van der Waals surface area contributed by atoms with Gasteiger partial charge in [0, 0.05) is 22.0 Å². The van der Waals surface area contributed by atoms with Crippen LogP contribution in [0.3, 0.4) is 0 Å². The third kappa shape index (κ3) is 3.83. The number of benzene rings is 1. The number of carbonyl (C=O) groups excluding carboxylic acids is 3. The standard InChI is InChI=1S/C21H20ClF3N2O5/c22-11-1-2-15-13(5-11)14(28)6-16(31-15)18(30)27-20-7-19(8-20,9-20)26-17(29)10-3-12(4-10)32-21(23,24)25/h1-2,5,10,12,16H,3-4,6-9H2,(H,26,29)(H,27,30)/t10?,12?,16-,19?,20?/m1/s1. The minimum absolute atomic E-state index is 0.0447. The highest BCUT2D eigenvalue weighted by molar-refractivity contribution is 6.31. The lowest BCUT2D eigenvalue weighted by molar-refractivity contribution is -0.353. The number of hydrogen-bond donors (Lipinski definition) is 2. The van der Waals surface area contributed by atoms with E-state index in [-0.39, 0.29) is 36.9 Å². The Labute approximate surface area is 185 Å². The van der Waals surface area contributed by atoms with Crippen LogP contribution in [0, 0.1) is 5.92 Å². The van der Waals surface area contributed by atoms with Crippen molar-refractivity contribution in [1.29, 1.82) is 0 Å².